The molecule has 0 saturated heterocycles. The van der Waals surface area contributed by atoms with Crippen LogP contribution in [0.15, 0.2) is 48.7 Å². The van der Waals surface area contributed by atoms with E-state index in [0.29, 0.717) is 38.7 Å². The van der Waals surface area contributed by atoms with Crippen LogP contribution >= 0.6 is 46.4 Å². The molecule has 0 fully saturated rings. The number of hydrogen-bond donors (Lipinski definition) is 1. The number of rotatable bonds is 6. The molecule has 0 aliphatic carbocycles. The van der Waals surface area contributed by atoms with Crippen molar-refractivity contribution in [3.05, 3.63) is 96.8 Å². The summed E-state index contributed by atoms with van der Waals surface area (Å²) in [5.74, 6) is -0.0273. The van der Waals surface area contributed by atoms with Crippen LogP contribution in [0.25, 0.3) is 0 Å². The number of nitrogens with zero attached hydrogens (tertiary/aromatic N) is 4. The van der Waals surface area contributed by atoms with E-state index in [1.165, 1.54) is 0 Å². The van der Waals surface area contributed by atoms with Gasteiger partial charge in [-0.1, -0.05) is 64.6 Å². The summed E-state index contributed by atoms with van der Waals surface area (Å²) in [7, 11) is 0. The van der Waals surface area contributed by atoms with Gasteiger partial charge in [0, 0.05) is 11.8 Å². The summed E-state index contributed by atoms with van der Waals surface area (Å²) in [5.41, 5.74) is 4.08. The molecule has 2 aromatic carbocycles. The zero-order valence-electron chi connectivity index (χ0n) is 17.7. The van der Waals surface area contributed by atoms with Gasteiger partial charge >= 0.3 is 0 Å². The van der Waals surface area contributed by atoms with E-state index < -0.39 is 0 Å². The van der Waals surface area contributed by atoms with Crippen LogP contribution in [-0.2, 0) is 13.1 Å². The second kappa shape index (κ2) is 9.77. The molecule has 10 heteroatoms. The van der Waals surface area contributed by atoms with Gasteiger partial charge in [0.1, 0.15) is 5.02 Å². The average molecular weight is 523 g/mol. The first-order chi connectivity index (χ1) is 15.7. The van der Waals surface area contributed by atoms with Crippen LogP contribution in [-0.4, -0.2) is 25.5 Å². The van der Waals surface area contributed by atoms with Crippen molar-refractivity contribution in [3.8, 4) is 0 Å². The normalized spacial score (nSPS) is 11.1. The van der Waals surface area contributed by atoms with Crippen molar-refractivity contribution in [1.82, 2.24) is 19.6 Å². The van der Waals surface area contributed by atoms with Gasteiger partial charge in [-0.05, 0) is 49.2 Å². The predicted octanol–water partition coefficient (Wildman–Crippen LogP) is 6.66. The molecule has 0 aliphatic heterocycles. The number of anilines is 1. The number of hydrogen-bond acceptors (Lipinski definition) is 3. The lowest BCUT2D eigenvalue weighted by molar-refractivity contribution is 0.102. The summed E-state index contributed by atoms with van der Waals surface area (Å²) >= 11 is 24.5. The molecule has 2 heterocycles. The molecule has 0 radical (unpaired) electrons. The van der Waals surface area contributed by atoms with Gasteiger partial charge in [0.05, 0.1) is 39.5 Å². The van der Waals surface area contributed by atoms with Crippen molar-refractivity contribution in [3.63, 3.8) is 0 Å². The second-order valence-electron chi connectivity index (χ2n) is 7.57. The van der Waals surface area contributed by atoms with Gasteiger partial charge < -0.3 is 5.32 Å². The minimum absolute atomic E-state index is 0.281. The summed E-state index contributed by atoms with van der Waals surface area (Å²) in [5, 5.41) is 13.5. The lowest BCUT2D eigenvalue weighted by Gasteiger charge is -2.07. The van der Waals surface area contributed by atoms with E-state index in [1.54, 1.807) is 35.1 Å². The number of aryl methyl sites for hydroxylation is 1. The van der Waals surface area contributed by atoms with Gasteiger partial charge in [0.2, 0.25) is 0 Å². The Labute approximate surface area is 211 Å². The van der Waals surface area contributed by atoms with Crippen molar-refractivity contribution >= 4 is 58.1 Å². The third kappa shape index (κ3) is 5.36. The van der Waals surface area contributed by atoms with Crippen molar-refractivity contribution in [2.75, 3.05) is 5.32 Å². The van der Waals surface area contributed by atoms with E-state index in [1.807, 2.05) is 36.7 Å². The molecule has 0 aliphatic rings. The lowest BCUT2D eigenvalue weighted by Crippen LogP contribution is -2.13. The molecule has 1 amide bonds. The highest BCUT2D eigenvalue weighted by Gasteiger charge is 2.14. The maximum Gasteiger partial charge on any atom is 0.256 e. The lowest BCUT2D eigenvalue weighted by atomic mass is 10.1. The fourth-order valence-electron chi connectivity index (χ4n) is 3.33. The Hall–Kier alpha value is -2.51. The van der Waals surface area contributed by atoms with Crippen LogP contribution in [0.2, 0.25) is 20.1 Å². The fourth-order valence-corrected chi connectivity index (χ4v) is 3.98. The minimum Gasteiger partial charge on any atom is -0.304 e. The Balaban J connectivity index is 1.42. The van der Waals surface area contributed by atoms with Crippen molar-refractivity contribution < 1.29 is 4.79 Å². The molecule has 0 saturated carbocycles. The number of amides is 1. The van der Waals surface area contributed by atoms with Gasteiger partial charge in [-0.3, -0.25) is 14.2 Å². The zero-order chi connectivity index (χ0) is 23.7. The molecular formula is C23H19Cl4N5O. The van der Waals surface area contributed by atoms with Crippen LogP contribution in [0.5, 0.6) is 0 Å². The van der Waals surface area contributed by atoms with Crippen LogP contribution in [0.3, 0.4) is 0 Å². The molecule has 0 unspecified atom stereocenters. The first-order valence-corrected chi connectivity index (χ1v) is 11.5. The first kappa shape index (κ1) is 23.6. The number of aromatic nitrogens is 4. The van der Waals surface area contributed by atoms with Gasteiger partial charge in [-0.25, -0.2) is 0 Å². The monoisotopic (exact) mass is 521 g/mol. The van der Waals surface area contributed by atoms with E-state index in [4.69, 9.17) is 46.4 Å². The number of carbonyl (C=O) groups is 1. The Morgan fingerprint density at radius 2 is 1.58 bits per heavy atom. The maximum atomic E-state index is 12.7. The molecular weight excluding hydrogens is 504 g/mol. The highest BCUT2D eigenvalue weighted by atomic mass is 35.5. The summed E-state index contributed by atoms with van der Waals surface area (Å²) in [6.07, 6.45) is 1.64. The van der Waals surface area contributed by atoms with E-state index in [2.05, 4.69) is 15.5 Å². The van der Waals surface area contributed by atoms with Crippen LogP contribution in [0.1, 0.15) is 32.9 Å². The van der Waals surface area contributed by atoms with Crippen LogP contribution in [0, 0.1) is 13.8 Å². The molecule has 0 bridgehead atoms. The molecule has 170 valence electrons. The smallest absolute Gasteiger partial charge is 0.256 e. The quantitative estimate of drug-likeness (QED) is 0.308. The molecule has 4 rings (SSSR count). The summed E-state index contributed by atoms with van der Waals surface area (Å²) in [6, 6.07) is 12.6. The van der Waals surface area contributed by atoms with E-state index in [0.717, 1.165) is 22.5 Å². The Bertz CT molecular complexity index is 1330. The molecule has 4 aromatic rings. The van der Waals surface area contributed by atoms with Gasteiger partial charge in [-0.2, -0.15) is 10.2 Å². The Morgan fingerprint density at radius 1 is 0.879 bits per heavy atom. The van der Waals surface area contributed by atoms with Crippen molar-refractivity contribution in [2.45, 2.75) is 26.9 Å². The van der Waals surface area contributed by atoms with Crippen molar-refractivity contribution in [1.29, 1.82) is 0 Å². The average Bonchev–Trinajstić information content (AvgIpc) is 3.24. The first-order valence-electron chi connectivity index (χ1n) is 9.98. The minimum atomic E-state index is -0.308. The zero-order valence-corrected chi connectivity index (χ0v) is 20.8. The number of carbonyl (C=O) groups excluding carboxylic acids is 1. The molecule has 1 N–H and O–H groups in total. The summed E-state index contributed by atoms with van der Waals surface area (Å²) in [4.78, 5) is 12.7. The third-order valence-corrected chi connectivity index (χ3v) is 6.68. The topological polar surface area (TPSA) is 64.7 Å². The van der Waals surface area contributed by atoms with E-state index in [9.17, 15) is 4.79 Å². The van der Waals surface area contributed by atoms with Crippen molar-refractivity contribution in [2.24, 2.45) is 0 Å². The highest BCUT2D eigenvalue weighted by molar-refractivity contribution is 6.42. The highest BCUT2D eigenvalue weighted by Crippen LogP contribution is 2.25. The summed E-state index contributed by atoms with van der Waals surface area (Å²) in [6.45, 7) is 4.79. The Morgan fingerprint density at radius 3 is 2.21 bits per heavy atom. The second-order valence-corrected chi connectivity index (χ2v) is 9.16. The molecule has 33 heavy (non-hydrogen) atoms. The Kier molecular flexibility index (Phi) is 7.00. The van der Waals surface area contributed by atoms with Gasteiger partial charge in [0.25, 0.3) is 5.91 Å². The van der Waals surface area contributed by atoms with Crippen LogP contribution < -0.4 is 5.32 Å². The van der Waals surface area contributed by atoms with Gasteiger partial charge in [0.15, 0.2) is 5.82 Å². The fraction of sp³-hybridized carbons (Fsp3) is 0.174. The molecule has 6 nitrogen and oxygen atoms in total. The number of halogens is 4. The molecule has 0 spiro atoms. The van der Waals surface area contributed by atoms with E-state index in [-0.39, 0.29) is 11.7 Å². The standard InChI is InChI=1S/C23H19Cl4N5O/c1-13-21(27)14(2)32(29-13)11-15-3-6-17(7-4-15)23(33)28-22-20(26)12-31(30-22)10-16-5-8-18(24)19(25)9-16/h3-9,12H,10-11H2,1-2H3,(H,28,30,33). The van der Waals surface area contributed by atoms with Gasteiger partial charge in [-0.15, -0.1) is 0 Å². The van der Waals surface area contributed by atoms with E-state index >= 15 is 0 Å². The summed E-state index contributed by atoms with van der Waals surface area (Å²) < 4.78 is 3.47. The third-order valence-electron chi connectivity index (χ3n) is 5.12. The number of nitrogens with one attached hydrogen (secondary N) is 1. The SMILES string of the molecule is Cc1nn(Cc2ccc(C(=O)Nc3nn(Cc4ccc(Cl)c(Cl)c4)cc3Cl)cc2)c(C)c1Cl. The maximum absolute atomic E-state index is 12.7. The van der Waals surface area contributed by atoms with Crippen LogP contribution in [0.4, 0.5) is 5.82 Å². The molecule has 2 aromatic heterocycles. The predicted molar refractivity (Wildman–Crippen MR) is 133 cm³/mol. The molecule has 0 atom stereocenters. The number of benzene rings is 2. The largest absolute Gasteiger partial charge is 0.304 e.